The summed E-state index contributed by atoms with van der Waals surface area (Å²) in [6.45, 7) is 0. The highest BCUT2D eigenvalue weighted by atomic mass is 32.1. The van der Waals surface area contributed by atoms with Crippen LogP contribution in [0.4, 0.5) is 0 Å². The first kappa shape index (κ1) is 26.5. The number of pyridine rings is 2. The molecule has 4 nitrogen and oxygen atoms in total. The van der Waals surface area contributed by atoms with E-state index in [1.807, 2.05) is 23.5 Å². The maximum atomic E-state index is 9.54. The summed E-state index contributed by atoms with van der Waals surface area (Å²) in [7, 11) is 0. The van der Waals surface area contributed by atoms with Crippen LogP contribution in [0.3, 0.4) is 0 Å². The lowest BCUT2D eigenvalue weighted by Crippen LogP contribution is -1.87. The van der Waals surface area contributed by atoms with Crippen molar-refractivity contribution in [1.29, 1.82) is 10.5 Å². The van der Waals surface area contributed by atoms with E-state index >= 15 is 0 Å². The van der Waals surface area contributed by atoms with Gasteiger partial charge in [-0.3, -0.25) is 9.97 Å². The van der Waals surface area contributed by atoms with Crippen molar-refractivity contribution < 1.29 is 0 Å². The highest BCUT2D eigenvalue weighted by Gasteiger charge is 2.15. The van der Waals surface area contributed by atoms with Gasteiger partial charge in [0.2, 0.25) is 0 Å². The fourth-order valence-electron chi connectivity index (χ4n) is 6.20. The molecular formula is C40H22N4S. The lowest BCUT2D eigenvalue weighted by Gasteiger charge is -2.11. The standard InChI is InChI=1S/C40H22N4S/c41-21-30-23-43-17-15-32(30)26-7-5-25(6-8-26)29-13-14-36-38(19-29)45-39-20-37(34-3-1-2-4-35(34)40(36)39)28-11-9-27(10-12-28)33-16-18-44-24-31(33)22-42/h1-20,23-24H. The Balaban J connectivity index is 1.21. The number of rotatable bonds is 4. The molecule has 8 rings (SSSR count). The van der Waals surface area contributed by atoms with Gasteiger partial charge >= 0.3 is 0 Å². The minimum absolute atomic E-state index is 0.569. The third-order valence-electron chi connectivity index (χ3n) is 8.40. The Hall–Kier alpha value is -6.14. The summed E-state index contributed by atoms with van der Waals surface area (Å²) < 4.78 is 2.49. The lowest BCUT2D eigenvalue weighted by atomic mass is 9.93. The number of thiophene rings is 1. The average Bonchev–Trinajstić information content (AvgIpc) is 3.49. The number of nitrogens with zero attached hydrogens (tertiary/aromatic N) is 4. The van der Waals surface area contributed by atoms with Crippen LogP contribution in [0.1, 0.15) is 11.1 Å². The highest BCUT2D eigenvalue weighted by molar-refractivity contribution is 7.26. The quantitative estimate of drug-likeness (QED) is 0.204. The third-order valence-corrected chi connectivity index (χ3v) is 9.50. The van der Waals surface area contributed by atoms with Crippen molar-refractivity contribution in [1.82, 2.24) is 9.97 Å². The van der Waals surface area contributed by atoms with E-state index in [0.29, 0.717) is 11.1 Å². The molecule has 0 N–H and O–H groups in total. The van der Waals surface area contributed by atoms with Crippen LogP contribution in [0, 0.1) is 22.7 Å². The van der Waals surface area contributed by atoms with Crippen LogP contribution in [0.25, 0.3) is 75.5 Å². The molecule has 0 unspecified atom stereocenters. The Morgan fingerprint density at radius 1 is 0.467 bits per heavy atom. The van der Waals surface area contributed by atoms with Gasteiger partial charge in [-0.25, -0.2) is 0 Å². The Kier molecular flexibility index (Phi) is 6.38. The summed E-state index contributed by atoms with van der Waals surface area (Å²) in [5.74, 6) is 0. The number of aromatic nitrogens is 2. The van der Waals surface area contributed by atoms with Crippen molar-refractivity contribution in [2.75, 3.05) is 0 Å². The smallest absolute Gasteiger partial charge is 0.101 e. The molecule has 45 heavy (non-hydrogen) atoms. The van der Waals surface area contributed by atoms with Gasteiger partial charge in [0.15, 0.2) is 0 Å². The topological polar surface area (TPSA) is 73.4 Å². The summed E-state index contributed by atoms with van der Waals surface area (Å²) in [6.07, 6.45) is 6.66. The van der Waals surface area contributed by atoms with Crippen LogP contribution < -0.4 is 0 Å². The SMILES string of the molecule is N#Cc1cnccc1-c1ccc(-c2ccc3c(c2)sc2cc(-c4ccc(-c5ccncc5C#N)cc4)c4ccccc4c23)cc1. The highest BCUT2D eigenvalue weighted by Crippen LogP contribution is 2.44. The molecule has 0 aliphatic heterocycles. The van der Waals surface area contributed by atoms with Crippen LogP contribution in [-0.4, -0.2) is 9.97 Å². The summed E-state index contributed by atoms with van der Waals surface area (Å²) in [4.78, 5) is 8.18. The maximum absolute atomic E-state index is 9.54. The molecule has 5 aromatic carbocycles. The van der Waals surface area contributed by atoms with Crippen LogP contribution in [0.15, 0.2) is 134 Å². The molecule has 0 aliphatic rings. The number of fused-ring (bicyclic) bond motifs is 5. The van der Waals surface area contributed by atoms with Gasteiger partial charge in [-0.1, -0.05) is 84.9 Å². The maximum Gasteiger partial charge on any atom is 0.101 e. The number of nitriles is 2. The molecule has 3 aromatic heterocycles. The van der Waals surface area contributed by atoms with Gasteiger partial charge in [0, 0.05) is 56.1 Å². The van der Waals surface area contributed by atoms with Crippen LogP contribution in [0.5, 0.6) is 0 Å². The van der Waals surface area contributed by atoms with Crippen molar-refractivity contribution in [2.24, 2.45) is 0 Å². The van der Waals surface area contributed by atoms with E-state index in [1.54, 1.807) is 24.8 Å². The van der Waals surface area contributed by atoms with Gasteiger partial charge in [0.25, 0.3) is 0 Å². The molecule has 3 heterocycles. The average molecular weight is 591 g/mol. The van der Waals surface area contributed by atoms with Crippen LogP contribution in [0.2, 0.25) is 0 Å². The fraction of sp³-hybridized carbons (Fsp3) is 0. The summed E-state index contributed by atoms with van der Waals surface area (Å²) >= 11 is 1.82. The van der Waals surface area contributed by atoms with Crippen LogP contribution >= 0.6 is 11.3 Å². The molecule has 0 aliphatic carbocycles. The van der Waals surface area contributed by atoms with E-state index in [9.17, 15) is 10.5 Å². The van der Waals surface area contributed by atoms with Gasteiger partial charge in [0.1, 0.15) is 12.1 Å². The van der Waals surface area contributed by atoms with Gasteiger partial charge in [-0.05, 0) is 68.4 Å². The molecule has 0 spiro atoms. The third kappa shape index (κ3) is 4.51. The van der Waals surface area contributed by atoms with Gasteiger partial charge in [0.05, 0.1) is 11.1 Å². The minimum Gasteiger partial charge on any atom is -0.263 e. The summed E-state index contributed by atoms with van der Waals surface area (Å²) in [5.41, 5.74) is 9.52. The lowest BCUT2D eigenvalue weighted by molar-refractivity contribution is 1.30. The second-order valence-corrected chi connectivity index (χ2v) is 12.0. The first-order valence-corrected chi connectivity index (χ1v) is 15.3. The normalized spacial score (nSPS) is 11.1. The van der Waals surface area contributed by atoms with E-state index in [1.165, 1.54) is 36.5 Å². The zero-order valence-corrected chi connectivity index (χ0v) is 24.7. The largest absolute Gasteiger partial charge is 0.263 e. The zero-order valence-electron chi connectivity index (χ0n) is 23.9. The van der Waals surface area contributed by atoms with Crippen LogP contribution in [-0.2, 0) is 0 Å². The Bertz CT molecular complexity index is 2500. The number of hydrogen-bond acceptors (Lipinski definition) is 5. The monoisotopic (exact) mass is 590 g/mol. The number of benzene rings is 5. The molecule has 0 saturated heterocycles. The van der Waals surface area contributed by atoms with E-state index in [-0.39, 0.29) is 0 Å². The van der Waals surface area contributed by atoms with Crippen molar-refractivity contribution in [3.05, 3.63) is 145 Å². The molecule has 0 radical (unpaired) electrons. The van der Waals surface area contributed by atoms with E-state index in [2.05, 4.69) is 119 Å². The van der Waals surface area contributed by atoms with Crippen molar-refractivity contribution in [3.63, 3.8) is 0 Å². The molecule has 0 amide bonds. The summed E-state index contributed by atoms with van der Waals surface area (Å²) in [5, 5.41) is 24.0. The van der Waals surface area contributed by atoms with E-state index in [4.69, 9.17) is 0 Å². The molecule has 0 atom stereocenters. The molecular weight excluding hydrogens is 569 g/mol. The minimum atomic E-state index is 0.569. The molecule has 8 aromatic rings. The molecule has 0 bridgehead atoms. The predicted molar refractivity (Wildman–Crippen MR) is 184 cm³/mol. The molecule has 0 fully saturated rings. The first-order valence-electron chi connectivity index (χ1n) is 14.5. The second kappa shape index (κ2) is 10.8. The Labute approximate surface area is 263 Å². The van der Waals surface area contributed by atoms with Gasteiger partial charge in [-0.15, -0.1) is 11.3 Å². The molecule has 5 heteroatoms. The van der Waals surface area contributed by atoms with Gasteiger partial charge in [-0.2, -0.15) is 10.5 Å². The molecule has 0 saturated carbocycles. The van der Waals surface area contributed by atoms with E-state index in [0.717, 1.165) is 38.9 Å². The Morgan fingerprint density at radius 3 is 1.60 bits per heavy atom. The predicted octanol–water partition coefficient (Wildman–Crippen LogP) is 10.4. The van der Waals surface area contributed by atoms with Gasteiger partial charge < -0.3 is 0 Å². The van der Waals surface area contributed by atoms with Crippen molar-refractivity contribution in [2.45, 2.75) is 0 Å². The van der Waals surface area contributed by atoms with Crippen molar-refractivity contribution >= 4 is 42.3 Å². The fourth-order valence-corrected chi connectivity index (χ4v) is 7.40. The van der Waals surface area contributed by atoms with Crippen molar-refractivity contribution in [3.8, 4) is 56.6 Å². The first-order chi connectivity index (χ1) is 22.2. The Morgan fingerprint density at radius 2 is 1.00 bits per heavy atom. The van der Waals surface area contributed by atoms with E-state index < -0.39 is 0 Å². The number of hydrogen-bond donors (Lipinski definition) is 0. The second-order valence-electron chi connectivity index (χ2n) is 10.9. The zero-order chi connectivity index (χ0) is 30.3. The molecule has 208 valence electrons. The summed E-state index contributed by atoms with van der Waals surface area (Å²) in [6, 6.07) is 42.8.